The molecule has 1 aromatic carbocycles. The number of esters is 1. The fraction of sp³-hybridized carbons (Fsp3) is 0.476. The lowest BCUT2D eigenvalue weighted by Crippen LogP contribution is -2.43. The Kier molecular flexibility index (Phi) is 4.83. The van der Waals surface area contributed by atoms with E-state index < -0.39 is 12.0 Å². The van der Waals surface area contributed by atoms with Crippen molar-refractivity contribution in [2.24, 2.45) is 0 Å². The minimum atomic E-state index is -0.542. The Balaban J connectivity index is 1.55. The maximum Gasteiger partial charge on any atom is 0.339 e. The summed E-state index contributed by atoms with van der Waals surface area (Å²) >= 11 is 0. The summed E-state index contributed by atoms with van der Waals surface area (Å²) in [7, 11) is 1.32. The second-order valence-corrected chi connectivity index (χ2v) is 7.32. The highest BCUT2D eigenvalue weighted by Crippen LogP contribution is 2.33. The van der Waals surface area contributed by atoms with Crippen LogP contribution in [0.5, 0.6) is 5.75 Å². The van der Waals surface area contributed by atoms with E-state index in [4.69, 9.17) is 13.9 Å². The highest BCUT2D eigenvalue weighted by molar-refractivity contribution is 5.87. The van der Waals surface area contributed by atoms with Gasteiger partial charge in [-0.05, 0) is 56.7 Å². The Morgan fingerprint density at radius 2 is 2.00 bits per heavy atom. The van der Waals surface area contributed by atoms with E-state index in [0.717, 1.165) is 42.2 Å². The molecular formula is C21H23NO6. The molecule has 1 aliphatic carbocycles. The maximum atomic E-state index is 12.6. The van der Waals surface area contributed by atoms with E-state index in [2.05, 4.69) is 0 Å². The van der Waals surface area contributed by atoms with Crippen LogP contribution in [0.15, 0.2) is 21.3 Å². The first kappa shape index (κ1) is 18.5. The van der Waals surface area contributed by atoms with Gasteiger partial charge in [0.15, 0.2) is 6.61 Å². The lowest BCUT2D eigenvalue weighted by Gasteiger charge is -2.23. The van der Waals surface area contributed by atoms with E-state index >= 15 is 0 Å². The molecular weight excluding hydrogens is 362 g/mol. The molecule has 1 atom stereocenters. The highest BCUT2D eigenvalue weighted by atomic mass is 16.5. The Bertz CT molecular complexity index is 1010. The van der Waals surface area contributed by atoms with Gasteiger partial charge in [-0.2, -0.15) is 0 Å². The molecule has 1 saturated heterocycles. The number of aryl methyl sites for hydroxylation is 2. The van der Waals surface area contributed by atoms with Crippen molar-refractivity contribution in [1.82, 2.24) is 4.90 Å². The topological polar surface area (TPSA) is 86.0 Å². The minimum absolute atomic E-state index is 0.186. The van der Waals surface area contributed by atoms with Crippen molar-refractivity contribution < 1.29 is 23.5 Å². The second kappa shape index (κ2) is 7.30. The monoisotopic (exact) mass is 385 g/mol. The number of amides is 1. The molecule has 1 aromatic heterocycles. The summed E-state index contributed by atoms with van der Waals surface area (Å²) < 4.78 is 16.1. The summed E-state index contributed by atoms with van der Waals surface area (Å²) in [5.41, 5.74) is 2.77. The number of carbonyl (C=O) groups excluding carboxylic acids is 2. The lowest BCUT2D eigenvalue weighted by atomic mass is 10.0. The predicted molar refractivity (Wildman–Crippen MR) is 101 cm³/mol. The summed E-state index contributed by atoms with van der Waals surface area (Å²) in [5, 5.41) is 0.938. The predicted octanol–water partition coefficient (Wildman–Crippen LogP) is 2.13. The van der Waals surface area contributed by atoms with Crippen LogP contribution in [-0.2, 0) is 27.2 Å². The van der Waals surface area contributed by atoms with Crippen molar-refractivity contribution in [3.05, 3.63) is 39.2 Å². The van der Waals surface area contributed by atoms with Crippen molar-refractivity contribution in [3.63, 3.8) is 0 Å². The fourth-order valence-corrected chi connectivity index (χ4v) is 4.29. The van der Waals surface area contributed by atoms with Crippen molar-refractivity contribution in [3.8, 4) is 5.75 Å². The average Bonchev–Trinajstić information content (AvgIpc) is 3.37. The molecule has 2 heterocycles. The van der Waals surface area contributed by atoms with Crippen LogP contribution in [-0.4, -0.2) is 43.1 Å². The Labute approximate surface area is 162 Å². The highest BCUT2D eigenvalue weighted by Gasteiger charge is 2.35. The summed E-state index contributed by atoms with van der Waals surface area (Å²) in [4.78, 5) is 38.1. The van der Waals surface area contributed by atoms with Gasteiger partial charge in [-0.15, -0.1) is 0 Å². The zero-order chi connectivity index (χ0) is 19.8. The Morgan fingerprint density at radius 1 is 1.21 bits per heavy atom. The summed E-state index contributed by atoms with van der Waals surface area (Å²) in [6.45, 7) is 2.15. The SMILES string of the molecule is COC(=O)[C@H]1CCCN1C(=O)COc1ccc2c3c(c(=O)oc2c1C)CCC3. The lowest BCUT2D eigenvalue weighted by molar-refractivity contribution is -0.151. The zero-order valence-electron chi connectivity index (χ0n) is 16.1. The second-order valence-electron chi connectivity index (χ2n) is 7.32. The van der Waals surface area contributed by atoms with Gasteiger partial charge in [0.1, 0.15) is 17.4 Å². The smallest absolute Gasteiger partial charge is 0.339 e. The third-order valence-electron chi connectivity index (χ3n) is 5.74. The number of fused-ring (bicyclic) bond motifs is 3. The first-order valence-corrected chi connectivity index (χ1v) is 9.59. The first-order chi connectivity index (χ1) is 13.5. The third kappa shape index (κ3) is 3.04. The molecule has 0 spiro atoms. The van der Waals surface area contributed by atoms with Gasteiger partial charge < -0.3 is 18.8 Å². The van der Waals surface area contributed by atoms with E-state index in [1.165, 1.54) is 12.0 Å². The normalized spacial score (nSPS) is 18.4. The van der Waals surface area contributed by atoms with Crippen LogP contribution in [0.4, 0.5) is 0 Å². The number of carbonyl (C=O) groups is 2. The summed E-state index contributed by atoms with van der Waals surface area (Å²) in [6.07, 6.45) is 3.96. The van der Waals surface area contributed by atoms with Gasteiger partial charge in [0.05, 0.1) is 7.11 Å². The Hall–Kier alpha value is -2.83. The number of rotatable bonds is 4. The summed E-state index contributed by atoms with van der Waals surface area (Å²) in [6, 6.07) is 3.16. The van der Waals surface area contributed by atoms with Gasteiger partial charge in [-0.25, -0.2) is 9.59 Å². The Morgan fingerprint density at radius 3 is 2.79 bits per heavy atom. The van der Waals surface area contributed by atoms with E-state index in [0.29, 0.717) is 29.9 Å². The van der Waals surface area contributed by atoms with Gasteiger partial charge in [0.2, 0.25) is 0 Å². The van der Waals surface area contributed by atoms with Crippen molar-refractivity contribution in [1.29, 1.82) is 0 Å². The molecule has 0 N–H and O–H groups in total. The number of nitrogens with zero attached hydrogens (tertiary/aromatic N) is 1. The number of likely N-dealkylation sites (tertiary alicyclic amines) is 1. The molecule has 0 radical (unpaired) electrons. The molecule has 7 heteroatoms. The minimum Gasteiger partial charge on any atom is -0.483 e. The molecule has 4 rings (SSSR count). The average molecular weight is 385 g/mol. The van der Waals surface area contributed by atoms with Crippen LogP contribution < -0.4 is 10.4 Å². The standard InChI is InChI=1S/C21H23NO6/c1-12-17(27-11-18(23)22-10-4-7-16(22)21(25)26-2)9-8-14-13-5-3-6-15(13)20(24)28-19(12)14/h8-9,16H,3-7,10-11H2,1-2H3/t16-/m1/s1. The van der Waals surface area contributed by atoms with Crippen LogP contribution in [0.1, 0.15) is 36.0 Å². The van der Waals surface area contributed by atoms with Crippen molar-refractivity contribution in [2.75, 3.05) is 20.3 Å². The van der Waals surface area contributed by atoms with E-state index in [1.807, 2.05) is 19.1 Å². The molecule has 1 aliphatic heterocycles. The molecule has 28 heavy (non-hydrogen) atoms. The molecule has 1 fully saturated rings. The number of hydrogen-bond acceptors (Lipinski definition) is 6. The molecule has 2 aromatic rings. The molecule has 2 aliphatic rings. The van der Waals surface area contributed by atoms with Gasteiger partial charge in [0.25, 0.3) is 5.91 Å². The molecule has 0 bridgehead atoms. The quantitative estimate of drug-likeness (QED) is 0.592. The number of ether oxygens (including phenoxy) is 2. The fourth-order valence-electron chi connectivity index (χ4n) is 4.29. The van der Waals surface area contributed by atoms with Crippen molar-refractivity contribution in [2.45, 2.75) is 45.1 Å². The van der Waals surface area contributed by atoms with Crippen LogP contribution in [0, 0.1) is 6.92 Å². The van der Waals surface area contributed by atoms with E-state index in [9.17, 15) is 14.4 Å². The van der Waals surface area contributed by atoms with Gasteiger partial charge >= 0.3 is 11.6 Å². The van der Waals surface area contributed by atoms with Crippen LogP contribution in [0.3, 0.4) is 0 Å². The van der Waals surface area contributed by atoms with Crippen LogP contribution in [0.25, 0.3) is 11.0 Å². The van der Waals surface area contributed by atoms with Gasteiger partial charge in [-0.3, -0.25) is 4.79 Å². The zero-order valence-corrected chi connectivity index (χ0v) is 16.1. The van der Waals surface area contributed by atoms with E-state index in [1.54, 1.807) is 0 Å². The molecule has 148 valence electrons. The first-order valence-electron chi connectivity index (χ1n) is 9.59. The molecule has 0 unspecified atom stereocenters. The molecule has 1 amide bonds. The molecule has 7 nitrogen and oxygen atoms in total. The van der Waals surface area contributed by atoms with Crippen molar-refractivity contribution >= 4 is 22.8 Å². The van der Waals surface area contributed by atoms with Crippen LogP contribution >= 0.6 is 0 Å². The summed E-state index contributed by atoms with van der Waals surface area (Å²) in [5.74, 6) is -0.165. The third-order valence-corrected chi connectivity index (χ3v) is 5.74. The number of benzene rings is 1. The number of methoxy groups -OCH3 is 1. The van der Waals surface area contributed by atoms with Gasteiger partial charge in [0, 0.05) is 23.1 Å². The van der Waals surface area contributed by atoms with E-state index in [-0.39, 0.29) is 18.1 Å². The number of hydrogen-bond donors (Lipinski definition) is 0. The maximum absolute atomic E-state index is 12.6. The van der Waals surface area contributed by atoms with Gasteiger partial charge in [-0.1, -0.05) is 0 Å². The van der Waals surface area contributed by atoms with Crippen LogP contribution in [0.2, 0.25) is 0 Å². The molecule has 0 saturated carbocycles. The largest absolute Gasteiger partial charge is 0.483 e.